The smallest absolute Gasteiger partial charge is 0.330 e. The second kappa shape index (κ2) is 4.65. The van der Waals surface area contributed by atoms with Gasteiger partial charge in [-0.05, 0) is 7.05 Å². The van der Waals surface area contributed by atoms with E-state index in [0.29, 0.717) is 13.1 Å². The molecule has 3 nitrogen and oxygen atoms in total. The van der Waals surface area contributed by atoms with Crippen LogP contribution in [0.3, 0.4) is 0 Å². The van der Waals surface area contributed by atoms with Gasteiger partial charge in [-0.25, -0.2) is 0 Å². The van der Waals surface area contributed by atoms with Crippen LogP contribution in [0.5, 0.6) is 0 Å². The van der Waals surface area contributed by atoms with Crippen molar-refractivity contribution in [1.82, 2.24) is 9.80 Å². The Labute approximate surface area is 86.1 Å². The van der Waals surface area contributed by atoms with Crippen molar-refractivity contribution < 1.29 is 18.0 Å². The number of hydrogen-bond donors (Lipinski definition) is 0. The predicted molar refractivity (Wildman–Crippen MR) is 49.3 cm³/mol. The molecule has 15 heavy (non-hydrogen) atoms. The van der Waals surface area contributed by atoms with Crippen LogP contribution in [0.1, 0.15) is 0 Å². The monoisotopic (exact) mass is 222 g/mol. The molecular weight excluding hydrogens is 209 g/mol. The molecule has 1 aliphatic heterocycles. The maximum absolute atomic E-state index is 12.1. The van der Waals surface area contributed by atoms with Crippen LogP contribution < -0.4 is 0 Å². The van der Waals surface area contributed by atoms with Gasteiger partial charge in [0.05, 0.1) is 0 Å². The number of hydrogen-bond acceptors (Lipinski definition) is 2. The Hall–Kier alpha value is -1.04. The summed E-state index contributed by atoms with van der Waals surface area (Å²) in [5.41, 5.74) is 0. The van der Waals surface area contributed by atoms with Crippen molar-refractivity contribution in [1.29, 1.82) is 0 Å². The van der Waals surface area contributed by atoms with Crippen LogP contribution in [0.2, 0.25) is 0 Å². The SMILES string of the molecule is CN1C/C=C/CN(C(=O)C(F)(F)F)CC1. The zero-order chi connectivity index (χ0) is 11.5. The quantitative estimate of drug-likeness (QED) is 0.568. The molecule has 86 valence electrons. The van der Waals surface area contributed by atoms with Crippen molar-refractivity contribution in [2.75, 3.05) is 33.2 Å². The van der Waals surface area contributed by atoms with E-state index in [1.807, 2.05) is 4.90 Å². The maximum Gasteiger partial charge on any atom is 0.471 e. The highest BCUT2D eigenvalue weighted by Crippen LogP contribution is 2.18. The third-order valence-electron chi connectivity index (χ3n) is 2.19. The van der Waals surface area contributed by atoms with Crippen LogP contribution in [0.4, 0.5) is 13.2 Å². The molecular formula is C9H13F3N2O. The van der Waals surface area contributed by atoms with E-state index in [-0.39, 0.29) is 13.1 Å². The van der Waals surface area contributed by atoms with Crippen molar-refractivity contribution in [2.45, 2.75) is 6.18 Å². The summed E-state index contributed by atoms with van der Waals surface area (Å²) in [7, 11) is 1.80. The van der Waals surface area contributed by atoms with Crippen molar-refractivity contribution in [3.05, 3.63) is 12.2 Å². The molecule has 0 N–H and O–H groups in total. The van der Waals surface area contributed by atoms with Gasteiger partial charge in [0.25, 0.3) is 0 Å². The normalized spacial score (nSPS) is 22.0. The Morgan fingerprint density at radius 2 is 1.80 bits per heavy atom. The molecule has 1 aliphatic rings. The van der Waals surface area contributed by atoms with E-state index in [2.05, 4.69) is 0 Å². The fourth-order valence-corrected chi connectivity index (χ4v) is 1.29. The van der Waals surface area contributed by atoms with Crippen molar-refractivity contribution in [2.24, 2.45) is 0 Å². The highest BCUT2D eigenvalue weighted by molar-refractivity contribution is 5.82. The summed E-state index contributed by atoms with van der Waals surface area (Å²) in [6, 6.07) is 0. The first-order valence-electron chi connectivity index (χ1n) is 4.61. The fourth-order valence-electron chi connectivity index (χ4n) is 1.29. The summed E-state index contributed by atoms with van der Waals surface area (Å²) in [6.45, 7) is 1.30. The summed E-state index contributed by atoms with van der Waals surface area (Å²) in [5, 5.41) is 0. The number of carbonyl (C=O) groups is 1. The van der Waals surface area contributed by atoms with Crippen LogP contribution >= 0.6 is 0 Å². The van der Waals surface area contributed by atoms with Gasteiger partial charge in [0.1, 0.15) is 0 Å². The molecule has 0 saturated carbocycles. The Morgan fingerprint density at radius 3 is 2.40 bits per heavy atom. The van der Waals surface area contributed by atoms with Gasteiger partial charge in [-0.15, -0.1) is 0 Å². The maximum atomic E-state index is 12.1. The third-order valence-corrected chi connectivity index (χ3v) is 2.19. The van der Waals surface area contributed by atoms with Crippen LogP contribution in [0, 0.1) is 0 Å². The Kier molecular flexibility index (Phi) is 3.73. The average molecular weight is 222 g/mol. The number of likely N-dealkylation sites (N-methyl/N-ethyl adjacent to an activating group) is 1. The van der Waals surface area contributed by atoms with Crippen LogP contribution in [-0.2, 0) is 4.79 Å². The molecule has 0 aromatic rings. The van der Waals surface area contributed by atoms with E-state index in [9.17, 15) is 18.0 Å². The summed E-state index contributed by atoms with van der Waals surface area (Å²) in [6.07, 6.45) is -1.43. The minimum atomic E-state index is -4.77. The van der Waals surface area contributed by atoms with Crippen LogP contribution in [0.25, 0.3) is 0 Å². The Bertz CT molecular complexity index is 263. The summed E-state index contributed by atoms with van der Waals surface area (Å²) < 4.78 is 36.4. The number of carbonyl (C=O) groups excluding carboxylic acids is 1. The van der Waals surface area contributed by atoms with E-state index >= 15 is 0 Å². The molecule has 0 aliphatic carbocycles. The van der Waals surface area contributed by atoms with Gasteiger partial charge in [-0.2, -0.15) is 13.2 Å². The van der Waals surface area contributed by atoms with Crippen LogP contribution in [0.15, 0.2) is 12.2 Å². The topological polar surface area (TPSA) is 23.6 Å². The molecule has 0 unspecified atom stereocenters. The van der Waals surface area contributed by atoms with Gasteiger partial charge in [-0.1, -0.05) is 12.2 Å². The molecule has 6 heteroatoms. The lowest BCUT2D eigenvalue weighted by molar-refractivity contribution is -0.185. The van der Waals surface area contributed by atoms with Crippen molar-refractivity contribution >= 4 is 5.91 Å². The second-order valence-corrected chi connectivity index (χ2v) is 3.48. The molecule has 0 aromatic heterocycles. The Morgan fingerprint density at radius 1 is 1.20 bits per heavy atom. The van der Waals surface area contributed by atoms with E-state index < -0.39 is 12.1 Å². The lowest BCUT2D eigenvalue weighted by atomic mass is 10.3. The molecule has 0 radical (unpaired) electrons. The fraction of sp³-hybridized carbons (Fsp3) is 0.667. The average Bonchev–Trinajstić information content (AvgIpc) is 2.10. The first kappa shape index (κ1) is 12.0. The minimum Gasteiger partial charge on any atom is -0.330 e. The summed E-state index contributed by atoms with van der Waals surface area (Å²) >= 11 is 0. The van der Waals surface area contributed by atoms with Gasteiger partial charge in [0.15, 0.2) is 0 Å². The highest BCUT2D eigenvalue weighted by atomic mass is 19.4. The number of amides is 1. The van der Waals surface area contributed by atoms with Crippen molar-refractivity contribution in [3.63, 3.8) is 0 Å². The number of halogens is 3. The van der Waals surface area contributed by atoms with E-state index in [1.54, 1.807) is 19.2 Å². The van der Waals surface area contributed by atoms with Gasteiger partial charge < -0.3 is 9.80 Å². The van der Waals surface area contributed by atoms with Gasteiger partial charge >= 0.3 is 12.1 Å². The number of rotatable bonds is 0. The predicted octanol–water partition coefficient (Wildman–Crippen LogP) is 0.879. The minimum absolute atomic E-state index is 0.0339. The standard InChI is InChI=1S/C9H13F3N2O/c1-13-4-2-3-5-14(7-6-13)8(15)9(10,11)12/h2-3H,4-7H2,1H3/b3-2+. The van der Waals surface area contributed by atoms with Crippen LogP contribution in [-0.4, -0.2) is 55.1 Å². The summed E-state index contributed by atoms with van der Waals surface area (Å²) in [4.78, 5) is 13.6. The molecule has 0 aromatic carbocycles. The molecule has 0 fully saturated rings. The zero-order valence-electron chi connectivity index (χ0n) is 8.42. The van der Waals surface area contributed by atoms with Crippen molar-refractivity contribution in [3.8, 4) is 0 Å². The molecule has 0 atom stereocenters. The van der Waals surface area contributed by atoms with Gasteiger partial charge in [-0.3, -0.25) is 4.79 Å². The molecule has 1 rings (SSSR count). The highest BCUT2D eigenvalue weighted by Gasteiger charge is 2.42. The second-order valence-electron chi connectivity index (χ2n) is 3.48. The van der Waals surface area contributed by atoms with E-state index in [0.717, 1.165) is 4.90 Å². The molecule has 0 spiro atoms. The first-order chi connectivity index (χ1) is 6.91. The third kappa shape index (κ3) is 3.54. The largest absolute Gasteiger partial charge is 0.471 e. The lowest BCUT2D eigenvalue weighted by Gasteiger charge is -2.26. The molecule has 1 heterocycles. The molecule has 1 amide bonds. The number of alkyl halides is 3. The van der Waals surface area contributed by atoms with E-state index in [4.69, 9.17) is 0 Å². The van der Waals surface area contributed by atoms with E-state index in [1.165, 1.54) is 0 Å². The first-order valence-corrected chi connectivity index (χ1v) is 4.61. The molecule has 0 saturated heterocycles. The lowest BCUT2D eigenvalue weighted by Crippen LogP contribution is -2.45. The zero-order valence-corrected chi connectivity index (χ0v) is 8.42. The van der Waals surface area contributed by atoms with Gasteiger partial charge in [0, 0.05) is 26.2 Å². The summed E-state index contributed by atoms with van der Waals surface area (Å²) in [5.74, 6) is -1.76. The molecule has 0 bridgehead atoms. The Balaban J connectivity index is 2.65. The van der Waals surface area contributed by atoms with Gasteiger partial charge in [0.2, 0.25) is 0 Å². The number of nitrogens with zero attached hydrogens (tertiary/aromatic N) is 2.